The van der Waals surface area contributed by atoms with E-state index >= 15 is 0 Å². The summed E-state index contributed by atoms with van der Waals surface area (Å²) in [5.74, 6) is 2.29. The number of aromatic nitrogens is 2. The van der Waals surface area contributed by atoms with E-state index in [4.69, 9.17) is 4.74 Å². The highest BCUT2D eigenvalue weighted by Crippen LogP contribution is 2.18. The molecule has 0 aliphatic carbocycles. The molecule has 20 heavy (non-hydrogen) atoms. The van der Waals surface area contributed by atoms with E-state index in [0.717, 1.165) is 17.1 Å². The van der Waals surface area contributed by atoms with Gasteiger partial charge in [0.05, 0.1) is 7.11 Å². The zero-order chi connectivity index (χ0) is 14.4. The predicted molar refractivity (Wildman–Crippen MR) is 81.1 cm³/mol. The van der Waals surface area contributed by atoms with Gasteiger partial charge in [-0.25, -0.2) is 4.98 Å². The molecule has 5 heteroatoms. The van der Waals surface area contributed by atoms with Crippen molar-refractivity contribution in [1.82, 2.24) is 9.97 Å². The normalized spacial score (nSPS) is 10.4. The van der Waals surface area contributed by atoms with Gasteiger partial charge in [-0.3, -0.25) is 0 Å². The summed E-state index contributed by atoms with van der Waals surface area (Å²) in [7, 11) is 1.67. The lowest BCUT2D eigenvalue weighted by Crippen LogP contribution is -2.13. The zero-order valence-corrected chi connectivity index (χ0v) is 12.1. The largest absolute Gasteiger partial charge is 0.496 e. The standard InChI is InChI=1S/C15H20N4O/c1-11(2)18-15-16-9-8-14(19-15)17-10-12-6-4-5-7-13(12)20-3/h4-9,11H,10H2,1-3H3,(H2,16,17,18,19). The minimum Gasteiger partial charge on any atom is -0.496 e. The van der Waals surface area contributed by atoms with E-state index in [2.05, 4.69) is 34.4 Å². The maximum Gasteiger partial charge on any atom is 0.224 e. The topological polar surface area (TPSA) is 59.1 Å². The molecule has 2 aromatic rings. The van der Waals surface area contributed by atoms with E-state index < -0.39 is 0 Å². The van der Waals surface area contributed by atoms with Crippen LogP contribution in [0.15, 0.2) is 36.5 Å². The smallest absolute Gasteiger partial charge is 0.224 e. The molecule has 0 aliphatic rings. The number of benzene rings is 1. The van der Waals surface area contributed by atoms with Crippen molar-refractivity contribution < 1.29 is 4.74 Å². The Labute approximate surface area is 119 Å². The molecule has 0 bridgehead atoms. The third kappa shape index (κ3) is 3.85. The van der Waals surface area contributed by atoms with Crippen LogP contribution in [-0.2, 0) is 6.54 Å². The third-order valence-electron chi connectivity index (χ3n) is 2.73. The van der Waals surface area contributed by atoms with Crippen LogP contribution < -0.4 is 15.4 Å². The van der Waals surface area contributed by atoms with Crippen LogP contribution in [0.2, 0.25) is 0 Å². The van der Waals surface area contributed by atoms with E-state index in [0.29, 0.717) is 18.5 Å². The number of hydrogen-bond donors (Lipinski definition) is 2. The number of rotatable bonds is 6. The van der Waals surface area contributed by atoms with E-state index in [-0.39, 0.29) is 0 Å². The lowest BCUT2D eigenvalue weighted by atomic mass is 10.2. The number of para-hydroxylation sites is 1. The number of nitrogens with zero attached hydrogens (tertiary/aromatic N) is 2. The Balaban J connectivity index is 2.03. The van der Waals surface area contributed by atoms with Gasteiger partial charge in [0.25, 0.3) is 0 Å². The van der Waals surface area contributed by atoms with Crippen LogP contribution >= 0.6 is 0 Å². The van der Waals surface area contributed by atoms with Crippen LogP contribution in [0, 0.1) is 0 Å². The second kappa shape index (κ2) is 6.75. The minimum absolute atomic E-state index is 0.305. The molecule has 0 saturated carbocycles. The predicted octanol–water partition coefficient (Wildman–Crippen LogP) is 2.92. The second-order valence-corrected chi connectivity index (χ2v) is 4.73. The van der Waals surface area contributed by atoms with Gasteiger partial charge in [0.2, 0.25) is 5.95 Å². The quantitative estimate of drug-likeness (QED) is 0.846. The lowest BCUT2D eigenvalue weighted by molar-refractivity contribution is 0.410. The van der Waals surface area contributed by atoms with Gasteiger partial charge in [0.1, 0.15) is 11.6 Å². The second-order valence-electron chi connectivity index (χ2n) is 4.73. The molecule has 0 amide bonds. The summed E-state index contributed by atoms with van der Waals surface area (Å²) in [6.07, 6.45) is 1.74. The lowest BCUT2D eigenvalue weighted by Gasteiger charge is -2.11. The van der Waals surface area contributed by atoms with Gasteiger partial charge >= 0.3 is 0 Å². The summed E-state index contributed by atoms with van der Waals surface area (Å²) >= 11 is 0. The molecule has 2 rings (SSSR count). The van der Waals surface area contributed by atoms with Gasteiger partial charge in [0.15, 0.2) is 0 Å². The van der Waals surface area contributed by atoms with Crippen molar-refractivity contribution in [2.24, 2.45) is 0 Å². The first-order valence-corrected chi connectivity index (χ1v) is 6.64. The Kier molecular flexibility index (Phi) is 4.76. The summed E-state index contributed by atoms with van der Waals surface area (Å²) in [6.45, 7) is 4.76. The van der Waals surface area contributed by atoms with Crippen LogP contribution in [0.4, 0.5) is 11.8 Å². The molecule has 0 saturated heterocycles. The highest BCUT2D eigenvalue weighted by atomic mass is 16.5. The molecule has 2 N–H and O–H groups in total. The van der Waals surface area contributed by atoms with Crippen molar-refractivity contribution in [1.29, 1.82) is 0 Å². The fourth-order valence-electron chi connectivity index (χ4n) is 1.82. The molecule has 0 spiro atoms. The highest BCUT2D eigenvalue weighted by Gasteiger charge is 2.03. The molecule has 0 fully saturated rings. The molecular formula is C15H20N4O. The maximum absolute atomic E-state index is 5.33. The SMILES string of the molecule is COc1ccccc1CNc1ccnc(NC(C)C)n1. The van der Waals surface area contributed by atoms with E-state index in [9.17, 15) is 0 Å². The Bertz CT molecular complexity index is 557. The summed E-state index contributed by atoms with van der Waals surface area (Å²) in [4.78, 5) is 8.59. The number of methoxy groups -OCH3 is 1. The number of nitrogens with one attached hydrogen (secondary N) is 2. The first kappa shape index (κ1) is 14.1. The summed E-state index contributed by atoms with van der Waals surface area (Å²) in [6, 6.07) is 10.1. The molecule has 5 nitrogen and oxygen atoms in total. The van der Waals surface area contributed by atoms with Gasteiger partial charge in [-0.05, 0) is 26.0 Å². The Morgan fingerprint density at radius 2 is 2.00 bits per heavy atom. The fraction of sp³-hybridized carbons (Fsp3) is 0.333. The maximum atomic E-state index is 5.33. The number of anilines is 2. The minimum atomic E-state index is 0.305. The Hall–Kier alpha value is -2.30. The Morgan fingerprint density at radius 1 is 1.20 bits per heavy atom. The van der Waals surface area contributed by atoms with E-state index in [1.807, 2.05) is 30.3 Å². The molecule has 0 atom stereocenters. The van der Waals surface area contributed by atoms with Gasteiger partial charge in [-0.15, -0.1) is 0 Å². The monoisotopic (exact) mass is 272 g/mol. The van der Waals surface area contributed by atoms with Crippen LogP contribution in [0.1, 0.15) is 19.4 Å². The Morgan fingerprint density at radius 3 is 2.75 bits per heavy atom. The molecule has 1 aromatic carbocycles. The van der Waals surface area contributed by atoms with Gasteiger partial charge in [-0.2, -0.15) is 4.98 Å². The first-order chi connectivity index (χ1) is 9.69. The first-order valence-electron chi connectivity index (χ1n) is 6.64. The van der Waals surface area contributed by atoms with Gasteiger partial charge in [0, 0.05) is 24.3 Å². The van der Waals surface area contributed by atoms with E-state index in [1.165, 1.54) is 0 Å². The van der Waals surface area contributed by atoms with E-state index in [1.54, 1.807) is 13.3 Å². The van der Waals surface area contributed by atoms with Crippen molar-refractivity contribution in [2.45, 2.75) is 26.4 Å². The van der Waals surface area contributed by atoms with Crippen LogP contribution in [0.25, 0.3) is 0 Å². The van der Waals surface area contributed by atoms with Crippen LogP contribution in [0.3, 0.4) is 0 Å². The molecule has 0 aliphatic heterocycles. The van der Waals surface area contributed by atoms with Crippen LogP contribution in [-0.4, -0.2) is 23.1 Å². The fourth-order valence-corrected chi connectivity index (χ4v) is 1.82. The average molecular weight is 272 g/mol. The number of ether oxygens (including phenoxy) is 1. The molecule has 1 heterocycles. The van der Waals surface area contributed by atoms with Crippen LogP contribution in [0.5, 0.6) is 5.75 Å². The third-order valence-corrected chi connectivity index (χ3v) is 2.73. The van der Waals surface area contributed by atoms with Crippen molar-refractivity contribution in [3.63, 3.8) is 0 Å². The molecule has 1 aromatic heterocycles. The van der Waals surface area contributed by atoms with Gasteiger partial charge < -0.3 is 15.4 Å². The van der Waals surface area contributed by atoms with Crippen molar-refractivity contribution in [3.05, 3.63) is 42.1 Å². The van der Waals surface area contributed by atoms with Crippen molar-refractivity contribution >= 4 is 11.8 Å². The number of hydrogen-bond acceptors (Lipinski definition) is 5. The zero-order valence-electron chi connectivity index (χ0n) is 12.1. The summed E-state index contributed by atoms with van der Waals surface area (Å²) in [5, 5.41) is 6.46. The van der Waals surface area contributed by atoms with Gasteiger partial charge in [-0.1, -0.05) is 18.2 Å². The molecule has 0 radical (unpaired) electrons. The van der Waals surface area contributed by atoms with Crippen molar-refractivity contribution in [2.75, 3.05) is 17.7 Å². The summed E-state index contributed by atoms with van der Waals surface area (Å²) < 4.78 is 5.33. The molecular weight excluding hydrogens is 252 g/mol. The highest BCUT2D eigenvalue weighted by molar-refractivity contribution is 5.42. The molecule has 0 unspecified atom stereocenters. The summed E-state index contributed by atoms with van der Waals surface area (Å²) in [5.41, 5.74) is 1.09. The van der Waals surface area contributed by atoms with Crippen molar-refractivity contribution in [3.8, 4) is 5.75 Å². The molecule has 106 valence electrons. The average Bonchev–Trinajstić information content (AvgIpc) is 2.45.